The normalized spacial score (nSPS) is 12.6. The van der Waals surface area contributed by atoms with E-state index in [9.17, 15) is 4.79 Å². The maximum atomic E-state index is 10.5. The van der Waals surface area contributed by atoms with Crippen LogP contribution in [0.15, 0.2) is 12.1 Å². The van der Waals surface area contributed by atoms with E-state index in [0.29, 0.717) is 6.42 Å². The third kappa shape index (κ3) is 2.42. The van der Waals surface area contributed by atoms with Crippen molar-refractivity contribution in [2.75, 3.05) is 0 Å². The molecule has 1 rings (SSSR count). The number of hydrogen-bond acceptors (Lipinski definition) is 2. The number of rotatable bonds is 3. The molecule has 14 heavy (non-hydrogen) atoms. The molecular weight excluding hydrogens is 174 g/mol. The number of nitrogens with two attached hydrogens (primary N) is 1. The highest BCUT2D eigenvalue weighted by atomic mass is 16.1. The van der Waals surface area contributed by atoms with Crippen molar-refractivity contribution < 1.29 is 4.79 Å². The van der Waals surface area contributed by atoms with Crippen molar-refractivity contribution >= 4 is 6.29 Å². The molecule has 0 amide bonds. The Bertz CT molecular complexity index is 321. The summed E-state index contributed by atoms with van der Waals surface area (Å²) in [5, 5.41) is 0. The Morgan fingerprint density at radius 1 is 1.29 bits per heavy atom. The molecule has 0 aromatic heterocycles. The van der Waals surface area contributed by atoms with Crippen LogP contribution in [0.1, 0.15) is 22.3 Å². The highest BCUT2D eigenvalue weighted by Crippen LogP contribution is 2.17. The van der Waals surface area contributed by atoms with E-state index in [1.54, 1.807) is 0 Å². The molecule has 0 saturated heterocycles. The van der Waals surface area contributed by atoms with Crippen molar-refractivity contribution in [3.05, 3.63) is 34.4 Å². The number of carbonyl (C=O) groups is 1. The summed E-state index contributed by atoms with van der Waals surface area (Å²) >= 11 is 0. The second-order valence-corrected chi connectivity index (χ2v) is 3.88. The Kier molecular flexibility index (Phi) is 3.42. The molecule has 0 fully saturated rings. The standard InChI is InChI=1S/C12H17NO/c1-8-4-9(2)12(10(3)5-8)6-11(13)7-14/h4-5,7,11H,6,13H2,1-3H3. The van der Waals surface area contributed by atoms with Crippen LogP contribution < -0.4 is 5.73 Å². The minimum absolute atomic E-state index is 0.380. The average Bonchev–Trinajstić information content (AvgIpc) is 2.10. The van der Waals surface area contributed by atoms with Crippen LogP contribution in [0, 0.1) is 20.8 Å². The zero-order valence-electron chi connectivity index (χ0n) is 9.00. The molecule has 1 atom stereocenters. The van der Waals surface area contributed by atoms with Gasteiger partial charge < -0.3 is 10.5 Å². The minimum Gasteiger partial charge on any atom is -0.321 e. The molecule has 0 aliphatic rings. The number of aryl methyl sites for hydroxylation is 3. The molecular formula is C12H17NO. The molecule has 0 heterocycles. The fourth-order valence-electron chi connectivity index (χ4n) is 1.82. The molecule has 0 aliphatic carbocycles. The largest absolute Gasteiger partial charge is 0.321 e. The van der Waals surface area contributed by atoms with Gasteiger partial charge in [-0.2, -0.15) is 0 Å². The topological polar surface area (TPSA) is 43.1 Å². The lowest BCUT2D eigenvalue weighted by molar-refractivity contribution is -0.108. The van der Waals surface area contributed by atoms with Crippen LogP contribution in [0.2, 0.25) is 0 Å². The third-order valence-corrected chi connectivity index (χ3v) is 2.45. The number of aldehydes is 1. The summed E-state index contributed by atoms with van der Waals surface area (Å²) in [4.78, 5) is 10.5. The zero-order chi connectivity index (χ0) is 10.7. The van der Waals surface area contributed by atoms with E-state index >= 15 is 0 Å². The van der Waals surface area contributed by atoms with Crippen molar-refractivity contribution in [2.24, 2.45) is 5.73 Å². The summed E-state index contributed by atoms with van der Waals surface area (Å²) in [6, 6.07) is 3.87. The average molecular weight is 191 g/mol. The van der Waals surface area contributed by atoms with Gasteiger partial charge in [-0.15, -0.1) is 0 Å². The summed E-state index contributed by atoms with van der Waals surface area (Å²) in [5.41, 5.74) is 10.5. The molecule has 2 N–H and O–H groups in total. The van der Waals surface area contributed by atoms with Crippen molar-refractivity contribution in [3.8, 4) is 0 Å². The first-order valence-electron chi connectivity index (χ1n) is 4.82. The van der Waals surface area contributed by atoms with Gasteiger partial charge in [0.25, 0.3) is 0 Å². The highest BCUT2D eigenvalue weighted by Gasteiger charge is 2.08. The van der Waals surface area contributed by atoms with Crippen LogP contribution in [-0.2, 0) is 11.2 Å². The zero-order valence-corrected chi connectivity index (χ0v) is 9.00. The first kappa shape index (κ1) is 10.9. The van der Waals surface area contributed by atoms with Crippen molar-refractivity contribution in [1.29, 1.82) is 0 Å². The lowest BCUT2D eigenvalue weighted by atomic mass is 9.95. The predicted octanol–water partition coefficient (Wildman–Crippen LogP) is 1.68. The highest BCUT2D eigenvalue weighted by molar-refractivity contribution is 5.58. The van der Waals surface area contributed by atoms with Crippen LogP contribution in [0.4, 0.5) is 0 Å². The van der Waals surface area contributed by atoms with E-state index in [1.807, 2.05) is 0 Å². The smallest absolute Gasteiger partial charge is 0.137 e. The lowest BCUT2D eigenvalue weighted by Crippen LogP contribution is -2.25. The first-order chi connectivity index (χ1) is 6.54. The minimum atomic E-state index is -0.380. The van der Waals surface area contributed by atoms with Gasteiger partial charge in [-0.05, 0) is 43.9 Å². The molecule has 1 aromatic rings. The van der Waals surface area contributed by atoms with Gasteiger partial charge in [-0.3, -0.25) is 0 Å². The number of carbonyl (C=O) groups excluding carboxylic acids is 1. The summed E-state index contributed by atoms with van der Waals surface area (Å²) in [7, 11) is 0. The Morgan fingerprint density at radius 3 is 2.21 bits per heavy atom. The van der Waals surface area contributed by atoms with Gasteiger partial charge in [0.15, 0.2) is 0 Å². The Morgan fingerprint density at radius 2 is 1.79 bits per heavy atom. The Hall–Kier alpha value is -1.15. The summed E-state index contributed by atoms with van der Waals surface area (Å²) < 4.78 is 0. The lowest BCUT2D eigenvalue weighted by Gasteiger charge is -2.12. The summed E-state index contributed by atoms with van der Waals surface area (Å²) in [5.74, 6) is 0. The van der Waals surface area contributed by atoms with Crippen LogP contribution in [-0.4, -0.2) is 12.3 Å². The molecule has 0 saturated carbocycles. The van der Waals surface area contributed by atoms with Crippen LogP contribution >= 0.6 is 0 Å². The van der Waals surface area contributed by atoms with Crippen LogP contribution in [0.3, 0.4) is 0 Å². The molecule has 1 aromatic carbocycles. The van der Waals surface area contributed by atoms with E-state index in [4.69, 9.17) is 5.73 Å². The van der Waals surface area contributed by atoms with Gasteiger partial charge in [-0.1, -0.05) is 17.7 Å². The van der Waals surface area contributed by atoms with Crippen molar-refractivity contribution in [3.63, 3.8) is 0 Å². The van der Waals surface area contributed by atoms with Crippen molar-refractivity contribution in [1.82, 2.24) is 0 Å². The molecule has 0 bridgehead atoms. The summed E-state index contributed by atoms with van der Waals surface area (Å²) in [6.45, 7) is 6.20. The van der Waals surface area contributed by atoms with E-state index in [2.05, 4.69) is 32.9 Å². The summed E-state index contributed by atoms with van der Waals surface area (Å²) in [6.07, 6.45) is 1.44. The van der Waals surface area contributed by atoms with Gasteiger partial charge in [0.1, 0.15) is 6.29 Å². The first-order valence-corrected chi connectivity index (χ1v) is 4.82. The van der Waals surface area contributed by atoms with Gasteiger partial charge >= 0.3 is 0 Å². The Balaban J connectivity index is 3.02. The van der Waals surface area contributed by atoms with Gasteiger partial charge in [0, 0.05) is 0 Å². The SMILES string of the molecule is Cc1cc(C)c(CC(N)C=O)c(C)c1. The van der Waals surface area contributed by atoms with E-state index in [0.717, 1.165) is 6.29 Å². The molecule has 76 valence electrons. The molecule has 2 heteroatoms. The third-order valence-electron chi connectivity index (χ3n) is 2.45. The molecule has 0 aliphatic heterocycles. The van der Waals surface area contributed by atoms with E-state index in [1.165, 1.54) is 22.3 Å². The second-order valence-electron chi connectivity index (χ2n) is 3.88. The molecule has 2 nitrogen and oxygen atoms in total. The molecule has 0 spiro atoms. The predicted molar refractivity (Wildman–Crippen MR) is 58.4 cm³/mol. The molecule has 1 unspecified atom stereocenters. The Labute approximate surface area is 85.1 Å². The maximum absolute atomic E-state index is 10.5. The maximum Gasteiger partial charge on any atom is 0.137 e. The van der Waals surface area contributed by atoms with Crippen molar-refractivity contribution in [2.45, 2.75) is 33.2 Å². The van der Waals surface area contributed by atoms with E-state index in [-0.39, 0.29) is 6.04 Å². The molecule has 0 radical (unpaired) electrons. The second kappa shape index (κ2) is 4.38. The number of benzene rings is 1. The fraction of sp³-hybridized carbons (Fsp3) is 0.417. The number of hydrogen-bond donors (Lipinski definition) is 1. The van der Waals surface area contributed by atoms with E-state index < -0.39 is 0 Å². The monoisotopic (exact) mass is 191 g/mol. The fourth-order valence-corrected chi connectivity index (χ4v) is 1.82. The van der Waals surface area contributed by atoms with Gasteiger partial charge in [0.2, 0.25) is 0 Å². The quantitative estimate of drug-likeness (QED) is 0.739. The van der Waals surface area contributed by atoms with Crippen LogP contribution in [0.5, 0.6) is 0 Å². The van der Waals surface area contributed by atoms with Gasteiger partial charge in [0.05, 0.1) is 6.04 Å². The van der Waals surface area contributed by atoms with Crippen LogP contribution in [0.25, 0.3) is 0 Å². The van der Waals surface area contributed by atoms with Gasteiger partial charge in [-0.25, -0.2) is 0 Å².